The van der Waals surface area contributed by atoms with E-state index in [2.05, 4.69) is 5.32 Å². The summed E-state index contributed by atoms with van der Waals surface area (Å²) in [5, 5.41) is 10.5. The molecular formula is C20H28N3O5P. The van der Waals surface area contributed by atoms with E-state index < -0.39 is 13.4 Å². The fraction of sp³-hybridized carbons (Fsp3) is 0.350. The van der Waals surface area contributed by atoms with E-state index in [0.29, 0.717) is 34.9 Å². The Hall–Kier alpha value is -2.54. The van der Waals surface area contributed by atoms with E-state index in [1.54, 1.807) is 42.5 Å². The molecule has 2 atom stereocenters. The summed E-state index contributed by atoms with van der Waals surface area (Å²) in [7, 11) is -2.87. The summed E-state index contributed by atoms with van der Waals surface area (Å²) in [5.74, 6) is -0.0585. The Kier molecular flexibility index (Phi) is 7.67. The molecule has 2 rings (SSSR count). The lowest BCUT2D eigenvalue weighted by molar-refractivity contribution is 0.223. The number of amidine groups is 1. The van der Waals surface area contributed by atoms with Gasteiger partial charge in [-0.25, -0.2) is 0 Å². The molecule has 29 heavy (non-hydrogen) atoms. The number of nitrogens with one attached hydrogen (secondary N) is 2. The quantitative estimate of drug-likeness (QED) is 0.258. The Balaban J connectivity index is 2.43. The minimum atomic E-state index is -4.06. The lowest BCUT2D eigenvalue weighted by atomic mass is 10.1. The molecule has 5 N–H and O–H groups in total. The van der Waals surface area contributed by atoms with E-state index in [0.717, 1.165) is 0 Å². The molecule has 9 heteroatoms. The number of ether oxygens (including phenoxy) is 2. The molecule has 0 saturated heterocycles. The van der Waals surface area contributed by atoms with Crippen molar-refractivity contribution in [3.8, 4) is 11.5 Å². The fourth-order valence-corrected chi connectivity index (χ4v) is 3.74. The maximum atomic E-state index is 12.7. The zero-order valence-corrected chi connectivity index (χ0v) is 17.9. The van der Waals surface area contributed by atoms with E-state index >= 15 is 0 Å². The predicted molar refractivity (Wildman–Crippen MR) is 114 cm³/mol. The van der Waals surface area contributed by atoms with Gasteiger partial charge in [-0.05, 0) is 62.7 Å². The van der Waals surface area contributed by atoms with Gasteiger partial charge < -0.3 is 29.9 Å². The second kappa shape index (κ2) is 9.78. The Morgan fingerprint density at radius 1 is 1.21 bits per heavy atom. The molecule has 0 aliphatic rings. The number of nitrogen functional groups attached to an aromatic ring is 1. The number of anilines is 1. The van der Waals surface area contributed by atoms with Gasteiger partial charge in [-0.1, -0.05) is 6.07 Å². The molecule has 0 spiro atoms. The van der Waals surface area contributed by atoms with Crippen LogP contribution in [0.15, 0.2) is 42.5 Å². The normalized spacial score (nSPS) is 14.1. The second-order valence-corrected chi connectivity index (χ2v) is 8.60. The zero-order chi connectivity index (χ0) is 21.6. The van der Waals surface area contributed by atoms with Gasteiger partial charge in [0.05, 0.1) is 12.7 Å². The molecule has 0 aliphatic carbocycles. The first kappa shape index (κ1) is 22.7. The van der Waals surface area contributed by atoms with Crippen LogP contribution in [0.2, 0.25) is 0 Å². The lowest BCUT2D eigenvalue weighted by Crippen LogP contribution is -2.14. The lowest BCUT2D eigenvalue weighted by Gasteiger charge is -2.25. The van der Waals surface area contributed by atoms with Crippen LogP contribution in [0.5, 0.6) is 11.5 Å². The molecule has 0 saturated carbocycles. The number of rotatable bonds is 10. The van der Waals surface area contributed by atoms with Crippen molar-refractivity contribution in [1.82, 2.24) is 0 Å². The van der Waals surface area contributed by atoms with Crippen LogP contribution >= 0.6 is 7.60 Å². The van der Waals surface area contributed by atoms with Crippen molar-refractivity contribution in [2.45, 2.75) is 32.7 Å². The number of hydrogen-bond acceptors (Lipinski definition) is 6. The molecule has 8 nitrogen and oxygen atoms in total. The first-order valence-electron chi connectivity index (χ1n) is 9.20. The van der Waals surface area contributed by atoms with E-state index in [-0.39, 0.29) is 11.9 Å². The Labute approximate surface area is 171 Å². The first-order valence-corrected chi connectivity index (χ1v) is 10.8. The molecule has 2 aromatic rings. The van der Waals surface area contributed by atoms with Gasteiger partial charge in [0.25, 0.3) is 0 Å². The van der Waals surface area contributed by atoms with Gasteiger partial charge in [-0.3, -0.25) is 9.97 Å². The van der Waals surface area contributed by atoms with Crippen molar-refractivity contribution < 1.29 is 23.5 Å². The number of nitrogens with two attached hydrogens (primary N) is 1. The minimum absolute atomic E-state index is 0.0447. The standard InChI is InChI=1S/C20H28N3O5P/c1-5-27-18-12-15(8-11-17(18)28-13(2)3)20(29(24,25)26-4)23-16-9-6-14(7-10-16)19(21)22/h6-13,20,23H,5H2,1-4H3,(H3,21,22)(H,24,25). The number of benzene rings is 2. The van der Waals surface area contributed by atoms with Gasteiger partial charge in [-0.15, -0.1) is 0 Å². The molecule has 0 bridgehead atoms. The van der Waals surface area contributed by atoms with Crippen molar-refractivity contribution in [3.05, 3.63) is 53.6 Å². The van der Waals surface area contributed by atoms with Gasteiger partial charge in [0, 0.05) is 18.4 Å². The maximum absolute atomic E-state index is 12.7. The van der Waals surface area contributed by atoms with Crippen LogP contribution in [-0.4, -0.2) is 30.5 Å². The zero-order valence-electron chi connectivity index (χ0n) is 17.0. The van der Waals surface area contributed by atoms with Crippen LogP contribution < -0.4 is 20.5 Å². The highest BCUT2D eigenvalue weighted by Crippen LogP contribution is 2.56. The smallest absolute Gasteiger partial charge is 0.354 e. The third-order valence-corrected chi connectivity index (χ3v) is 5.64. The van der Waals surface area contributed by atoms with Gasteiger partial charge in [0.2, 0.25) is 0 Å². The SMILES string of the molecule is CCOc1cc(C(Nc2ccc(C(=N)N)cc2)P(=O)(O)OC)ccc1OC(C)C. The van der Waals surface area contributed by atoms with E-state index in [1.165, 1.54) is 7.11 Å². The Morgan fingerprint density at radius 3 is 2.38 bits per heavy atom. The monoisotopic (exact) mass is 421 g/mol. The van der Waals surface area contributed by atoms with Crippen molar-refractivity contribution in [2.24, 2.45) is 5.73 Å². The molecular weight excluding hydrogens is 393 g/mol. The summed E-state index contributed by atoms with van der Waals surface area (Å²) >= 11 is 0. The molecule has 0 radical (unpaired) electrons. The summed E-state index contributed by atoms with van der Waals surface area (Å²) in [6.45, 7) is 6.09. The molecule has 158 valence electrons. The van der Waals surface area contributed by atoms with Crippen LogP contribution in [0.3, 0.4) is 0 Å². The summed E-state index contributed by atoms with van der Waals surface area (Å²) in [4.78, 5) is 10.4. The van der Waals surface area contributed by atoms with Crippen molar-refractivity contribution in [1.29, 1.82) is 5.41 Å². The van der Waals surface area contributed by atoms with Crippen LogP contribution in [0.25, 0.3) is 0 Å². The number of hydrogen-bond donors (Lipinski definition) is 4. The molecule has 0 heterocycles. The highest BCUT2D eigenvalue weighted by atomic mass is 31.2. The van der Waals surface area contributed by atoms with Crippen LogP contribution in [-0.2, 0) is 9.09 Å². The van der Waals surface area contributed by atoms with Crippen LogP contribution in [0, 0.1) is 5.41 Å². The molecule has 0 aromatic heterocycles. The summed E-state index contributed by atoms with van der Waals surface area (Å²) in [6, 6.07) is 11.8. The molecule has 0 fully saturated rings. The summed E-state index contributed by atoms with van der Waals surface area (Å²) in [5.41, 5.74) is 7.11. The topological polar surface area (TPSA) is 127 Å². The Bertz CT molecular complexity index is 886. The molecule has 2 aromatic carbocycles. The molecule has 0 aliphatic heterocycles. The van der Waals surface area contributed by atoms with E-state index in [4.69, 9.17) is 25.1 Å². The van der Waals surface area contributed by atoms with Gasteiger partial charge in [-0.2, -0.15) is 0 Å². The Morgan fingerprint density at radius 2 is 1.86 bits per heavy atom. The van der Waals surface area contributed by atoms with Crippen LogP contribution in [0.1, 0.15) is 37.7 Å². The molecule has 2 unspecified atom stereocenters. The average Bonchev–Trinajstić information content (AvgIpc) is 2.67. The largest absolute Gasteiger partial charge is 0.490 e. The van der Waals surface area contributed by atoms with Crippen LogP contribution in [0.4, 0.5) is 5.69 Å². The third kappa shape index (κ3) is 5.97. The fourth-order valence-electron chi connectivity index (χ4n) is 2.68. The highest BCUT2D eigenvalue weighted by molar-refractivity contribution is 7.53. The van der Waals surface area contributed by atoms with Gasteiger partial charge in [0.15, 0.2) is 17.3 Å². The van der Waals surface area contributed by atoms with Gasteiger partial charge in [0.1, 0.15) is 5.84 Å². The summed E-state index contributed by atoms with van der Waals surface area (Å²) in [6.07, 6.45) is -0.0447. The van der Waals surface area contributed by atoms with Crippen molar-refractivity contribution in [2.75, 3.05) is 19.0 Å². The second-order valence-electron chi connectivity index (χ2n) is 6.59. The van der Waals surface area contributed by atoms with Gasteiger partial charge >= 0.3 is 7.60 Å². The minimum Gasteiger partial charge on any atom is -0.490 e. The average molecular weight is 421 g/mol. The molecule has 0 amide bonds. The van der Waals surface area contributed by atoms with Crippen molar-refractivity contribution >= 4 is 19.1 Å². The summed E-state index contributed by atoms with van der Waals surface area (Å²) < 4.78 is 29.1. The van der Waals surface area contributed by atoms with E-state index in [9.17, 15) is 9.46 Å². The third-order valence-electron chi connectivity index (χ3n) is 4.03. The van der Waals surface area contributed by atoms with Crippen molar-refractivity contribution in [3.63, 3.8) is 0 Å². The predicted octanol–water partition coefficient (Wildman–Crippen LogP) is 4.10. The maximum Gasteiger partial charge on any atom is 0.354 e. The van der Waals surface area contributed by atoms with E-state index in [1.807, 2.05) is 20.8 Å². The highest BCUT2D eigenvalue weighted by Gasteiger charge is 2.34. The first-order chi connectivity index (χ1) is 13.7.